The summed E-state index contributed by atoms with van der Waals surface area (Å²) in [6.07, 6.45) is -0.224. The van der Waals surface area contributed by atoms with Crippen LogP contribution in [-0.4, -0.2) is 28.2 Å². The summed E-state index contributed by atoms with van der Waals surface area (Å²) in [7, 11) is 0. The number of hydrogen-bond acceptors (Lipinski definition) is 4. The van der Waals surface area contributed by atoms with E-state index in [0.29, 0.717) is 0 Å². The summed E-state index contributed by atoms with van der Waals surface area (Å²) >= 11 is 5.56. The highest BCUT2D eigenvalue weighted by Gasteiger charge is 2.12. The smallest absolute Gasteiger partial charge is 0.320 e. The number of carbonyl (C=O) groups is 2. The number of carboxylic acid groups (broad SMARTS) is 2. The molecule has 0 aliphatic carbocycles. The highest BCUT2D eigenvalue weighted by Crippen LogP contribution is 2.09. The van der Waals surface area contributed by atoms with Gasteiger partial charge < -0.3 is 21.7 Å². The minimum atomic E-state index is -1.17. The fourth-order valence-corrected chi connectivity index (χ4v) is 0.991. The van der Waals surface area contributed by atoms with Gasteiger partial charge in [0.25, 0.3) is 0 Å². The van der Waals surface area contributed by atoms with Crippen molar-refractivity contribution in [3.05, 3.63) is 29.3 Å². The predicted molar refractivity (Wildman–Crippen MR) is 68.3 cm³/mol. The molecule has 0 spiro atoms. The maximum atomic E-state index is 9.99. The van der Waals surface area contributed by atoms with Crippen LogP contribution in [0.5, 0.6) is 0 Å². The monoisotopic (exact) mass is 274 g/mol. The number of rotatable bonds is 4. The van der Waals surface area contributed by atoms with E-state index in [0.717, 1.165) is 10.7 Å². The van der Waals surface area contributed by atoms with Gasteiger partial charge in [-0.15, -0.1) is 0 Å². The van der Waals surface area contributed by atoms with Crippen LogP contribution in [0.15, 0.2) is 24.3 Å². The first-order valence-electron chi connectivity index (χ1n) is 5.04. The van der Waals surface area contributed by atoms with E-state index in [-0.39, 0.29) is 12.8 Å². The van der Waals surface area contributed by atoms with Crippen LogP contribution in [0.2, 0.25) is 5.02 Å². The molecule has 0 amide bonds. The second-order valence-corrected chi connectivity index (χ2v) is 3.87. The average molecular weight is 275 g/mol. The fourth-order valence-electron chi connectivity index (χ4n) is 0.865. The molecule has 0 bridgehead atoms. The SMILES string of the molecule is N[C@@H](CCC(=O)O)C(=O)O.Nc1ccc(Cl)cc1. The molecule has 1 atom stereocenters. The molecule has 1 aromatic carbocycles. The first-order chi connectivity index (χ1) is 8.32. The molecule has 18 heavy (non-hydrogen) atoms. The van der Waals surface area contributed by atoms with Gasteiger partial charge in [0.2, 0.25) is 0 Å². The highest BCUT2D eigenvalue weighted by atomic mass is 35.5. The van der Waals surface area contributed by atoms with Gasteiger partial charge in [0.1, 0.15) is 6.04 Å². The van der Waals surface area contributed by atoms with Crippen LogP contribution < -0.4 is 11.5 Å². The van der Waals surface area contributed by atoms with Crippen molar-refractivity contribution in [1.29, 1.82) is 0 Å². The van der Waals surface area contributed by atoms with Crippen molar-refractivity contribution >= 4 is 29.2 Å². The Labute approximate surface area is 109 Å². The van der Waals surface area contributed by atoms with Gasteiger partial charge in [-0.1, -0.05) is 11.6 Å². The topological polar surface area (TPSA) is 127 Å². The molecule has 1 rings (SSSR count). The molecule has 6 N–H and O–H groups in total. The third kappa shape index (κ3) is 8.37. The molecule has 0 aromatic heterocycles. The summed E-state index contributed by atoms with van der Waals surface area (Å²) in [5.41, 5.74) is 11.1. The lowest BCUT2D eigenvalue weighted by Gasteiger charge is -2.01. The Morgan fingerprint density at radius 3 is 2.06 bits per heavy atom. The maximum absolute atomic E-state index is 9.99. The van der Waals surface area contributed by atoms with E-state index in [2.05, 4.69) is 0 Å². The zero-order chi connectivity index (χ0) is 14.1. The van der Waals surface area contributed by atoms with Gasteiger partial charge in [0, 0.05) is 17.1 Å². The molecule has 0 radical (unpaired) electrons. The Balaban J connectivity index is 0.000000327. The van der Waals surface area contributed by atoms with Crippen molar-refractivity contribution in [2.24, 2.45) is 5.73 Å². The number of aliphatic carboxylic acids is 2. The number of anilines is 1. The number of benzene rings is 1. The first-order valence-corrected chi connectivity index (χ1v) is 5.42. The standard InChI is InChI=1S/C6H6ClN.C5H9NO4/c7-5-1-3-6(8)4-2-5;6-3(5(9)10)1-2-4(7)8/h1-4H,8H2;3H,1-2,6H2,(H,7,8)(H,9,10)/t;3-/m.0/s1. The van der Waals surface area contributed by atoms with E-state index < -0.39 is 18.0 Å². The lowest BCUT2D eigenvalue weighted by atomic mass is 10.2. The van der Waals surface area contributed by atoms with Crippen molar-refractivity contribution < 1.29 is 19.8 Å². The van der Waals surface area contributed by atoms with Crippen molar-refractivity contribution in [2.75, 3.05) is 5.73 Å². The van der Waals surface area contributed by atoms with Gasteiger partial charge in [0.05, 0.1) is 0 Å². The predicted octanol–water partition coefficient (Wildman–Crippen LogP) is 1.19. The second kappa shape index (κ2) is 8.32. The van der Waals surface area contributed by atoms with Crippen LogP contribution in [-0.2, 0) is 9.59 Å². The summed E-state index contributed by atoms with van der Waals surface area (Å²) in [5.74, 6) is -2.20. The Bertz CT molecular complexity index is 374. The summed E-state index contributed by atoms with van der Waals surface area (Å²) in [4.78, 5) is 19.9. The van der Waals surface area contributed by atoms with Crippen molar-refractivity contribution in [2.45, 2.75) is 18.9 Å². The number of carboxylic acids is 2. The van der Waals surface area contributed by atoms with E-state index in [1.807, 2.05) is 0 Å². The van der Waals surface area contributed by atoms with Gasteiger partial charge in [-0.3, -0.25) is 9.59 Å². The summed E-state index contributed by atoms with van der Waals surface area (Å²) < 4.78 is 0. The van der Waals surface area contributed by atoms with Gasteiger partial charge in [-0.05, 0) is 30.7 Å². The minimum Gasteiger partial charge on any atom is -0.481 e. The van der Waals surface area contributed by atoms with Crippen LogP contribution in [0.1, 0.15) is 12.8 Å². The average Bonchev–Trinajstić information content (AvgIpc) is 2.30. The molecule has 6 nitrogen and oxygen atoms in total. The van der Waals surface area contributed by atoms with Crippen LogP contribution in [0, 0.1) is 0 Å². The zero-order valence-corrected chi connectivity index (χ0v) is 10.3. The minimum absolute atomic E-state index is 0.0231. The number of nitrogens with two attached hydrogens (primary N) is 2. The summed E-state index contributed by atoms with van der Waals surface area (Å²) in [6, 6.07) is 5.99. The molecular weight excluding hydrogens is 260 g/mol. The van der Waals surface area contributed by atoms with Crippen LogP contribution in [0.3, 0.4) is 0 Å². The molecular formula is C11H15ClN2O4. The molecule has 0 aliphatic rings. The Hall–Kier alpha value is -1.79. The fraction of sp³-hybridized carbons (Fsp3) is 0.273. The van der Waals surface area contributed by atoms with E-state index in [4.69, 9.17) is 33.3 Å². The van der Waals surface area contributed by atoms with Gasteiger partial charge in [-0.2, -0.15) is 0 Å². The molecule has 0 fully saturated rings. The molecule has 7 heteroatoms. The number of nitrogen functional groups attached to an aromatic ring is 1. The van der Waals surface area contributed by atoms with Crippen LogP contribution in [0.25, 0.3) is 0 Å². The molecule has 0 aliphatic heterocycles. The molecule has 0 heterocycles. The maximum Gasteiger partial charge on any atom is 0.320 e. The van der Waals surface area contributed by atoms with E-state index >= 15 is 0 Å². The van der Waals surface area contributed by atoms with Crippen molar-refractivity contribution in [1.82, 2.24) is 0 Å². The number of hydrogen-bond donors (Lipinski definition) is 4. The normalized spacial score (nSPS) is 11.0. The van der Waals surface area contributed by atoms with E-state index in [1.54, 1.807) is 24.3 Å². The van der Waals surface area contributed by atoms with E-state index in [9.17, 15) is 9.59 Å². The van der Waals surface area contributed by atoms with Gasteiger partial charge >= 0.3 is 11.9 Å². The Morgan fingerprint density at radius 2 is 1.72 bits per heavy atom. The third-order valence-corrected chi connectivity index (χ3v) is 2.11. The lowest BCUT2D eigenvalue weighted by Crippen LogP contribution is -2.30. The summed E-state index contributed by atoms with van der Waals surface area (Å²) in [5, 5.41) is 17.0. The summed E-state index contributed by atoms with van der Waals surface area (Å²) in [6.45, 7) is 0. The number of halogens is 1. The highest BCUT2D eigenvalue weighted by molar-refractivity contribution is 6.30. The molecule has 0 saturated carbocycles. The third-order valence-electron chi connectivity index (χ3n) is 1.86. The largest absolute Gasteiger partial charge is 0.481 e. The van der Waals surface area contributed by atoms with E-state index in [1.165, 1.54) is 0 Å². The van der Waals surface area contributed by atoms with Crippen molar-refractivity contribution in [3.63, 3.8) is 0 Å². The van der Waals surface area contributed by atoms with Crippen LogP contribution >= 0.6 is 11.6 Å². The van der Waals surface area contributed by atoms with Gasteiger partial charge in [0.15, 0.2) is 0 Å². The second-order valence-electron chi connectivity index (χ2n) is 3.43. The Morgan fingerprint density at radius 1 is 1.22 bits per heavy atom. The molecule has 100 valence electrons. The Kier molecular flexibility index (Phi) is 7.50. The molecule has 0 saturated heterocycles. The lowest BCUT2D eigenvalue weighted by molar-refractivity contribution is -0.139. The zero-order valence-electron chi connectivity index (χ0n) is 9.54. The first kappa shape index (κ1) is 16.2. The van der Waals surface area contributed by atoms with Crippen molar-refractivity contribution in [3.8, 4) is 0 Å². The molecule has 1 aromatic rings. The van der Waals surface area contributed by atoms with Gasteiger partial charge in [-0.25, -0.2) is 0 Å². The van der Waals surface area contributed by atoms with Crippen LogP contribution in [0.4, 0.5) is 5.69 Å². The molecule has 0 unspecified atom stereocenters. The quantitative estimate of drug-likeness (QED) is 0.611.